The van der Waals surface area contributed by atoms with Crippen LogP contribution in [0.5, 0.6) is 0 Å². The average molecular weight is 176 g/mol. The molecule has 0 amide bonds. The molecule has 0 bridgehead atoms. The predicted octanol–water partition coefficient (Wildman–Crippen LogP) is 2.63. The van der Waals surface area contributed by atoms with Gasteiger partial charge in [-0.3, -0.25) is 0 Å². The van der Waals surface area contributed by atoms with Gasteiger partial charge >= 0.3 is 0 Å². The lowest BCUT2D eigenvalue weighted by molar-refractivity contribution is 0.458. The highest BCUT2D eigenvalue weighted by atomic mass is 15.0. The Morgan fingerprint density at radius 2 is 2.54 bits per heavy atom. The van der Waals surface area contributed by atoms with E-state index < -0.39 is 0 Å². The molecule has 13 heavy (non-hydrogen) atoms. The van der Waals surface area contributed by atoms with Crippen LogP contribution in [0.2, 0.25) is 0 Å². The molecule has 1 aliphatic rings. The number of imidazole rings is 1. The number of hydrogen-bond donors (Lipinski definition) is 0. The van der Waals surface area contributed by atoms with Gasteiger partial charge in [0.1, 0.15) is 0 Å². The van der Waals surface area contributed by atoms with Crippen LogP contribution in [-0.2, 0) is 6.54 Å². The first-order valence-electron chi connectivity index (χ1n) is 4.97. The van der Waals surface area contributed by atoms with Crippen molar-refractivity contribution in [2.24, 2.45) is 5.92 Å². The van der Waals surface area contributed by atoms with Crippen LogP contribution < -0.4 is 0 Å². The molecule has 0 N–H and O–H groups in total. The van der Waals surface area contributed by atoms with Crippen molar-refractivity contribution >= 4 is 0 Å². The highest BCUT2D eigenvalue weighted by Crippen LogP contribution is 2.23. The van der Waals surface area contributed by atoms with Crippen LogP contribution in [0.1, 0.15) is 26.2 Å². The maximum atomic E-state index is 4.05. The Hall–Kier alpha value is -1.05. The molecule has 0 spiro atoms. The van der Waals surface area contributed by atoms with Gasteiger partial charge in [-0.05, 0) is 32.1 Å². The van der Waals surface area contributed by atoms with Crippen LogP contribution in [0.15, 0.2) is 30.4 Å². The molecule has 0 aromatic carbocycles. The van der Waals surface area contributed by atoms with Gasteiger partial charge in [-0.2, -0.15) is 0 Å². The van der Waals surface area contributed by atoms with E-state index in [0.29, 0.717) is 0 Å². The zero-order valence-electron chi connectivity index (χ0n) is 8.11. The minimum absolute atomic E-state index is 0.725. The third-order valence-corrected chi connectivity index (χ3v) is 2.67. The van der Waals surface area contributed by atoms with Gasteiger partial charge in [0.15, 0.2) is 0 Å². The van der Waals surface area contributed by atoms with Gasteiger partial charge in [-0.25, -0.2) is 4.98 Å². The van der Waals surface area contributed by atoms with E-state index in [1.54, 1.807) is 5.57 Å². The lowest BCUT2D eigenvalue weighted by Crippen LogP contribution is -2.10. The first-order chi connectivity index (χ1) is 6.34. The summed E-state index contributed by atoms with van der Waals surface area (Å²) in [7, 11) is 0. The minimum Gasteiger partial charge on any atom is -0.337 e. The molecule has 1 atom stereocenters. The molecule has 0 fully saturated rings. The van der Waals surface area contributed by atoms with Crippen molar-refractivity contribution < 1.29 is 0 Å². The number of allylic oxidation sites excluding steroid dienone is 2. The maximum absolute atomic E-state index is 4.05. The van der Waals surface area contributed by atoms with Crippen molar-refractivity contribution in [3.8, 4) is 0 Å². The van der Waals surface area contributed by atoms with E-state index in [1.807, 2.05) is 18.7 Å². The second-order valence-electron chi connectivity index (χ2n) is 3.92. The number of nitrogens with zero attached hydrogens (tertiary/aromatic N) is 2. The molecular formula is C11H16N2. The van der Waals surface area contributed by atoms with Crippen LogP contribution in [0.25, 0.3) is 0 Å². The molecule has 1 heterocycles. The van der Waals surface area contributed by atoms with E-state index in [2.05, 4.69) is 22.6 Å². The molecule has 0 unspecified atom stereocenters. The Labute approximate surface area is 79.3 Å². The number of aromatic nitrogens is 2. The molecule has 1 aromatic rings. The fraction of sp³-hybridized carbons (Fsp3) is 0.545. The summed E-state index contributed by atoms with van der Waals surface area (Å²) in [4.78, 5) is 4.05. The zero-order chi connectivity index (χ0) is 9.10. The summed E-state index contributed by atoms with van der Waals surface area (Å²) >= 11 is 0. The van der Waals surface area contributed by atoms with Gasteiger partial charge in [-0.15, -0.1) is 0 Å². The minimum atomic E-state index is 0.725. The number of hydrogen-bond acceptors (Lipinski definition) is 1. The van der Waals surface area contributed by atoms with E-state index in [9.17, 15) is 0 Å². The summed E-state index contributed by atoms with van der Waals surface area (Å²) in [5, 5.41) is 0. The standard InChI is InChI=1S/C11H16N2/c1-10-3-2-4-11(7-10)8-13-6-5-12-9-13/h5-7,9,11H,2-4,8H2,1H3/t11-/m0/s1. The molecule has 0 saturated heterocycles. The molecule has 2 heteroatoms. The fourth-order valence-corrected chi connectivity index (χ4v) is 2.02. The van der Waals surface area contributed by atoms with Gasteiger partial charge in [0.05, 0.1) is 6.33 Å². The first kappa shape index (κ1) is 8.54. The molecule has 2 nitrogen and oxygen atoms in total. The van der Waals surface area contributed by atoms with Crippen LogP contribution >= 0.6 is 0 Å². The zero-order valence-corrected chi connectivity index (χ0v) is 8.11. The van der Waals surface area contributed by atoms with E-state index in [0.717, 1.165) is 12.5 Å². The van der Waals surface area contributed by atoms with Crippen molar-refractivity contribution in [1.29, 1.82) is 0 Å². The summed E-state index contributed by atoms with van der Waals surface area (Å²) in [5.41, 5.74) is 1.55. The second kappa shape index (κ2) is 3.77. The lowest BCUT2D eigenvalue weighted by atomic mass is 9.91. The van der Waals surface area contributed by atoms with Crippen molar-refractivity contribution in [3.05, 3.63) is 30.4 Å². The summed E-state index contributed by atoms with van der Waals surface area (Å²) in [5.74, 6) is 0.725. The highest BCUT2D eigenvalue weighted by molar-refractivity contribution is 5.04. The number of rotatable bonds is 2. The molecule has 1 aliphatic carbocycles. The second-order valence-corrected chi connectivity index (χ2v) is 3.92. The van der Waals surface area contributed by atoms with Crippen LogP contribution in [0.3, 0.4) is 0 Å². The van der Waals surface area contributed by atoms with Crippen molar-refractivity contribution in [2.45, 2.75) is 32.7 Å². The Bertz CT molecular complexity index is 285. The van der Waals surface area contributed by atoms with Gasteiger partial charge in [0.25, 0.3) is 0 Å². The Balaban J connectivity index is 1.99. The Morgan fingerprint density at radius 1 is 1.62 bits per heavy atom. The van der Waals surface area contributed by atoms with Gasteiger partial charge in [0, 0.05) is 18.9 Å². The monoisotopic (exact) mass is 176 g/mol. The SMILES string of the molecule is CC1=C[C@@H](Cn2ccnc2)CCC1. The van der Waals surface area contributed by atoms with E-state index in [1.165, 1.54) is 19.3 Å². The van der Waals surface area contributed by atoms with E-state index in [-0.39, 0.29) is 0 Å². The summed E-state index contributed by atoms with van der Waals surface area (Å²) in [6.45, 7) is 3.33. The smallest absolute Gasteiger partial charge is 0.0946 e. The maximum Gasteiger partial charge on any atom is 0.0946 e. The predicted molar refractivity (Wildman–Crippen MR) is 53.3 cm³/mol. The van der Waals surface area contributed by atoms with Gasteiger partial charge < -0.3 is 4.57 Å². The first-order valence-corrected chi connectivity index (χ1v) is 4.97. The molecule has 0 radical (unpaired) electrons. The highest BCUT2D eigenvalue weighted by Gasteiger charge is 2.11. The quantitative estimate of drug-likeness (QED) is 0.633. The third kappa shape index (κ3) is 2.20. The van der Waals surface area contributed by atoms with E-state index in [4.69, 9.17) is 0 Å². The molecule has 2 rings (SSSR count). The van der Waals surface area contributed by atoms with Crippen LogP contribution in [0.4, 0.5) is 0 Å². The topological polar surface area (TPSA) is 17.8 Å². The molecule has 1 aromatic heterocycles. The lowest BCUT2D eigenvalue weighted by Gasteiger charge is -2.19. The summed E-state index contributed by atoms with van der Waals surface area (Å²) in [6.07, 6.45) is 12.2. The average Bonchev–Trinajstić information content (AvgIpc) is 2.57. The van der Waals surface area contributed by atoms with Crippen molar-refractivity contribution in [2.75, 3.05) is 0 Å². The summed E-state index contributed by atoms with van der Waals surface area (Å²) < 4.78 is 2.17. The summed E-state index contributed by atoms with van der Waals surface area (Å²) in [6, 6.07) is 0. The molecule has 0 aliphatic heterocycles. The van der Waals surface area contributed by atoms with E-state index >= 15 is 0 Å². The van der Waals surface area contributed by atoms with Crippen LogP contribution in [-0.4, -0.2) is 9.55 Å². The van der Waals surface area contributed by atoms with Crippen molar-refractivity contribution in [3.63, 3.8) is 0 Å². The fourth-order valence-electron chi connectivity index (χ4n) is 2.02. The van der Waals surface area contributed by atoms with Gasteiger partial charge in [-0.1, -0.05) is 11.6 Å². The Kier molecular flexibility index (Phi) is 2.48. The molecular weight excluding hydrogens is 160 g/mol. The molecule has 0 saturated carbocycles. The largest absolute Gasteiger partial charge is 0.337 e. The Morgan fingerprint density at radius 3 is 3.23 bits per heavy atom. The van der Waals surface area contributed by atoms with Crippen LogP contribution in [0, 0.1) is 5.92 Å². The van der Waals surface area contributed by atoms with Gasteiger partial charge in [0.2, 0.25) is 0 Å². The third-order valence-electron chi connectivity index (χ3n) is 2.67. The molecule has 70 valence electrons. The normalized spacial score (nSPS) is 22.8. The van der Waals surface area contributed by atoms with Crippen molar-refractivity contribution in [1.82, 2.24) is 9.55 Å².